The van der Waals surface area contributed by atoms with Crippen LogP contribution in [0.25, 0.3) is 0 Å². The van der Waals surface area contributed by atoms with E-state index in [1.807, 2.05) is 18.2 Å². The summed E-state index contributed by atoms with van der Waals surface area (Å²) < 4.78 is 0. The van der Waals surface area contributed by atoms with Crippen molar-refractivity contribution < 1.29 is 15.3 Å². The summed E-state index contributed by atoms with van der Waals surface area (Å²) in [6.07, 6.45) is -0.696. The van der Waals surface area contributed by atoms with Crippen LogP contribution in [0.2, 0.25) is 0 Å². The molecule has 0 unspecified atom stereocenters. The lowest BCUT2D eigenvalue weighted by molar-refractivity contribution is 0.0522. The van der Waals surface area contributed by atoms with Crippen molar-refractivity contribution in [2.45, 2.75) is 45.6 Å². The van der Waals surface area contributed by atoms with E-state index in [0.717, 1.165) is 6.54 Å². The van der Waals surface area contributed by atoms with E-state index in [0.29, 0.717) is 17.7 Å². The molecule has 4 heteroatoms. The van der Waals surface area contributed by atoms with Gasteiger partial charge in [0.2, 0.25) is 0 Å². The molecule has 130 valence electrons. The number of aliphatic hydroxyl groups excluding tert-OH is 2. The van der Waals surface area contributed by atoms with Gasteiger partial charge < -0.3 is 15.3 Å². The Morgan fingerprint density at radius 1 is 1.04 bits per heavy atom. The Morgan fingerprint density at radius 2 is 1.71 bits per heavy atom. The van der Waals surface area contributed by atoms with Crippen LogP contribution >= 0.6 is 0 Å². The summed E-state index contributed by atoms with van der Waals surface area (Å²) >= 11 is 0. The largest absolute Gasteiger partial charge is 0.508 e. The Kier molecular flexibility index (Phi) is 5.99. The van der Waals surface area contributed by atoms with Crippen LogP contribution in [0.4, 0.5) is 0 Å². The lowest BCUT2D eigenvalue weighted by atomic mass is 10.0. The summed E-state index contributed by atoms with van der Waals surface area (Å²) in [6.45, 7) is 7.33. The number of aromatic hydroxyl groups is 1. The van der Waals surface area contributed by atoms with Gasteiger partial charge in [-0.2, -0.15) is 0 Å². The molecule has 0 amide bonds. The first-order valence-electron chi connectivity index (χ1n) is 8.21. The number of phenols is 1. The van der Waals surface area contributed by atoms with E-state index in [1.54, 1.807) is 12.1 Å². The molecule has 0 saturated heterocycles. The van der Waals surface area contributed by atoms with E-state index in [1.165, 1.54) is 11.6 Å². The van der Waals surface area contributed by atoms with Gasteiger partial charge in [0, 0.05) is 24.2 Å². The number of β-amino-alcohol motifs (C(OH)–C–C–N with tert-alkyl or cyclic N) is 1. The maximum atomic E-state index is 10.6. The highest BCUT2D eigenvalue weighted by Gasteiger charge is 2.24. The summed E-state index contributed by atoms with van der Waals surface area (Å²) in [7, 11) is 0. The Morgan fingerprint density at radius 3 is 2.29 bits per heavy atom. The molecule has 0 heterocycles. The molecule has 0 saturated carbocycles. The molecule has 0 radical (unpaired) electrons. The number of hydrogen-bond donors (Lipinski definition) is 3. The number of hydrogen-bond acceptors (Lipinski definition) is 4. The van der Waals surface area contributed by atoms with Crippen LogP contribution in [0, 0.1) is 0 Å². The maximum absolute atomic E-state index is 10.6. The summed E-state index contributed by atoms with van der Waals surface area (Å²) in [6, 6.07) is 15.0. The quantitative estimate of drug-likeness (QED) is 0.761. The van der Waals surface area contributed by atoms with Gasteiger partial charge in [0.1, 0.15) is 5.75 Å². The molecule has 0 bridgehead atoms. The third kappa shape index (κ3) is 4.81. The van der Waals surface area contributed by atoms with E-state index in [9.17, 15) is 15.3 Å². The number of aliphatic hydroxyl groups is 2. The van der Waals surface area contributed by atoms with Crippen LogP contribution in [0.3, 0.4) is 0 Å². The lowest BCUT2D eigenvalue weighted by Crippen LogP contribution is -2.43. The minimum atomic E-state index is -0.696. The van der Waals surface area contributed by atoms with Crippen molar-refractivity contribution >= 4 is 0 Å². The Hall–Kier alpha value is -1.88. The highest BCUT2D eigenvalue weighted by Crippen LogP contribution is 2.26. The van der Waals surface area contributed by atoms with Crippen LogP contribution in [-0.2, 0) is 13.2 Å². The Balaban J connectivity index is 2.17. The molecule has 0 aliphatic rings. The van der Waals surface area contributed by atoms with E-state index >= 15 is 0 Å². The highest BCUT2D eigenvalue weighted by atomic mass is 16.3. The van der Waals surface area contributed by atoms with E-state index < -0.39 is 6.10 Å². The topological polar surface area (TPSA) is 63.9 Å². The summed E-state index contributed by atoms with van der Waals surface area (Å²) in [5.41, 5.74) is 2.21. The Labute approximate surface area is 144 Å². The standard InChI is InChI=1S/C20H27NO3/c1-20(2,3)21(12-15-7-5-4-6-8-15)13-19(24)16-9-10-18(23)17(11-16)14-22/h4-11,19,22-24H,12-14H2,1-3H3/t19-/m1/s1. The van der Waals surface area contributed by atoms with Crippen molar-refractivity contribution in [1.82, 2.24) is 4.90 Å². The van der Waals surface area contributed by atoms with Gasteiger partial charge in [-0.25, -0.2) is 0 Å². The zero-order valence-corrected chi connectivity index (χ0v) is 14.6. The molecule has 2 aromatic rings. The van der Waals surface area contributed by atoms with Gasteiger partial charge in [-0.3, -0.25) is 4.90 Å². The van der Waals surface area contributed by atoms with Crippen LogP contribution < -0.4 is 0 Å². The monoisotopic (exact) mass is 329 g/mol. The maximum Gasteiger partial charge on any atom is 0.121 e. The second-order valence-corrected chi connectivity index (χ2v) is 7.10. The number of rotatable bonds is 6. The third-order valence-corrected chi connectivity index (χ3v) is 4.22. The summed E-state index contributed by atoms with van der Waals surface area (Å²) in [4.78, 5) is 2.22. The summed E-state index contributed by atoms with van der Waals surface area (Å²) in [5.74, 6) is 0.0467. The second kappa shape index (κ2) is 7.79. The van der Waals surface area contributed by atoms with Gasteiger partial charge in [0.15, 0.2) is 0 Å². The first-order chi connectivity index (χ1) is 11.3. The molecular formula is C20H27NO3. The van der Waals surface area contributed by atoms with Gasteiger partial charge in [-0.15, -0.1) is 0 Å². The number of nitrogens with zero attached hydrogens (tertiary/aromatic N) is 1. The fourth-order valence-corrected chi connectivity index (χ4v) is 2.63. The van der Waals surface area contributed by atoms with Crippen LogP contribution in [0.1, 0.15) is 43.6 Å². The summed E-state index contributed by atoms with van der Waals surface area (Å²) in [5, 5.41) is 29.6. The van der Waals surface area contributed by atoms with E-state index in [2.05, 4.69) is 37.8 Å². The predicted molar refractivity (Wildman–Crippen MR) is 95.6 cm³/mol. The average molecular weight is 329 g/mol. The minimum absolute atomic E-state index is 0.0467. The predicted octanol–water partition coefficient (Wildman–Crippen LogP) is 3.22. The normalized spacial score (nSPS) is 13.2. The SMILES string of the molecule is CC(C)(C)N(Cc1ccccc1)C[C@@H](O)c1ccc(O)c(CO)c1. The molecule has 4 nitrogen and oxygen atoms in total. The van der Waals surface area contributed by atoms with Crippen LogP contribution in [0.5, 0.6) is 5.75 Å². The van der Waals surface area contributed by atoms with Crippen molar-refractivity contribution in [3.8, 4) is 5.75 Å². The third-order valence-electron chi connectivity index (χ3n) is 4.22. The average Bonchev–Trinajstić information content (AvgIpc) is 2.54. The fraction of sp³-hybridized carbons (Fsp3) is 0.400. The zero-order valence-electron chi connectivity index (χ0n) is 14.6. The smallest absolute Gasteiger partial charge is 0.121 e. The molecule has 0 aliphatic carbocycles. The van der Waals surface area contributed by atoms with Crippen molar-refractivity contribution in [2.24, 2.45) is 0 Å². The van der Waals surface area contributed by atoms with E-state index in [-0.39, 0.29) is 17.9 Å². The van der Waals surface area contributed by atoms with Gasteiger partial charge in [0.05, 0.1) is 12.7 Å². The van der Waals surface area contributed by atoms with Crippen molar-refractivity contribution in [1.29, 1.82) is 0 Å². The molecule has 0 aliphatic heterocycles. The first kappa shape index (κ1) is 18.5. The molecule has 0 aromatic heterocycles. The number of benzene rings is 2. The van der Waals surface area contributed by atoms with Crippen molar-refractivity contribution in [2.75, 3.05) is 6.54 Å². The van der Waals surface area contributed by atoms with Crippen LogP contribution in [-0.4, -0.2) is 32.3 Å². The van der Waals surface area contributed by atoms with Gasteiger partial charge >= 0.3 is 0 Å². The zero-order chi connectivity index (χ0) is 17.7. The van der Waals surface area contributed by atoms with Crippen LogP contribution in [0.15, 0.2) is 48.5 Å². The molecule has 0 spiro atoms. The van der Waals surface area contributed by atoms with E-state index in [4.69, 9.17) is 0 Å². The molecule has 2 rings (SSSR count). The molecule has 0 fully saturated rings. The molecule has 2 aromatic carbocycles. The molecule has 24 heavy (non-hydrogen) atoms. The second-order valence-electron chi connectivity index (χ2n) is 7.10. The van der Waals surface area contributed by atoms with Gasteiger partial charge in [0.25, 0.3) is 0 Å². The van der Waals surface area contributed by atoms with Gasteiger partial charge in [-0.1, -0.05) is 36.4 Å². The van der Waals surface area contributed by atoms with Crippen molar-refractivity contribution in [3.63, 3.8) is 0 Å². The first-order valence-corrected chi connectivity index (χ1v) is 8.21. The fourth-order valence-electron chi connectivity index (χ4n) is 2.63. The highest BCUT2D eigenvalue weighted by molar-refractivity contribution is 5.36. The molecular weight excluding hydrogens is 302 g/mol. The van der Waals surface area contributed by atoms with Crippen molar-refractivity contribution in [3.05, 3.63) is 65.2 Å². The minimum Gasteiger partial charge on any atom is -0.508 e. The van der Waals surface area contributed by atoms with Gasteiger partial charge in [-0.05, 0) is 44.0 Å². The molecule has 1 atom stereocenters. The Bertz CT molecular complexity index is 650. The lowest BCUT2D eigenvalue weighted by Gasteiger charge is -2.37. The molecule has 3 N–H and O–H groups in total.